The predicted octanol–water partition coefficient (Wildman–Crippen LogP) is 5.32. The number of aryl methyl sites for hydroxylation is 3. The lowest BCUT2D eigenvalue weighted by atomic mass is 10.1. The molecule has 4 rings (SSSR count). The van der Waals surface area contributed by atoms with Crippen LogP contribution in [0.5, 0.6) is 5.75 Å². The van der Waals surface area contributed by atoms with E-state index in [1.54, 1.807) is 29.2 Å². The largest absolute Gasteiger partial charge is 0.484 e. The zero-order valence-corrected chi connectivity index (χ0v) is 23.4. The first-order chi connectivity index (χ1) is 18.2. The molecule has 0 aliphatic carbocycles. The number of halogens is 1. The van der Waals surface area contributed by atoms with Gasteiger partial charge < -0.3 is 20.3 Å². The molecule has 8 heteroatoms. The van der Waals surface area contributed by atoms with Gasteiger partial charge >= 0.3 is 0 Å². The normalized spacial score (nSPS) is 14.9. The summed E-state index contributed by atoms with van der Waals surface area (Å²) in [6.07, 6.45) is 0.968. The number of anilines is 2. The molecule has 7 nitrogen and oxygen atoms in total. The monoisotopic (exact) mass is 577 g/mol. The minimum absolute atomic E-state index is 0.0920. The molecule has 0 aromatic heterocycles. The second-order valence-corrected chi connectivity index (χ2v) is 10.4. The highest BCUT2D eigenvalue weighted by atomic mass is 79.9. The quantitative estimate of drug-likeness (QED) is 0.360. The van der Waals surface area contributed by atoms with Gasteiger partial charge in [0.2, 0.25) is 11.8 Å². The molecule has 0 radical (unpaired) electrons. The molecule has 1 aliphatic rings. The van der Waals surface area contributed by atoms with Crippen molar-refractivity contribution in [2.75, 3.05) is 23.4 Å². The van der Waals surface area contributed by atoms with Crippen molar-refractivity contribution in [3.63, 3.8) is 0 Å². The van der Waals surface area contributed by atoms with Gasteiger partial charge in [-0.15, -0.1) is 0 Å². The van der Waals surface area contributed by atoms with E-state index in [9.17, 15) is 14.4 Å². The molecule has 1 atom stereocenters. The van der Waals surface area contributed by atoms with Crippen LogP contribution in [0, 0.1) is 19.8 Å². The zero-order valence-electron chi connectivity index (χ0n) is 21.8. The average molecular weight is 579 g/mol. The summed E-state index contributed by atoms with van der Waals surface area (Å²) in [5, 5.41) is 5.92. The van der Waals surface area contributed by atoms with Crippen LogP contribution >= 0.6 is 15.9 Å². The second kappa shape index (κ2) is 12.3. The Labute approximate surface area is 231 Å². The van der Waals surface area contributed by atoms with E-state index in [4.69, 9.17) is 4.74 Å². The molecule has 0 spiro atoms. The van der Waals surface area contributed by atoms with Crippen LogP contribution in [0.25, 0.3) is 0 Å². The first-order valence-corrected chi connectivity index (χ1v) is 13.5. The van der Waals surface area contributed by atoms with E-state index in [1.807, 2.05) is 57.2 Å². The molecule has 1 fully saturated rings. The Morgan fingerprint density at radius 2 is 1.76 bits per heavy atom. The van der Waals surface area contributed by atoms with Crippen LogP contribution < -0.4 is 20.3 Å². The zero-order chi connectivity index (χ0) is 27.2. The van der Waals surface area contributed by atoms with Crippen LogP contribution in [0.3, 0.4) is 0 Å². The van der Waals surface area contributed by atoms with Crippen molar-refractivity contribution in [1.29, 1.82) is 0 Å². The van der Waals surface area contributed by atoms with Crippen LogP contribution in [0.1, 0.15) is 35.6 Å². The molecule has 1 heterocycles. The summed E-state index contributed by atoms with van der Waals surface area (Å²) in [6.45, 7) is 6.64. The molecule has 198 valence electrons. The molecule has 3 aromatic carbocycles. The predicted molar refractivity (Wildman–Crippen MR) is 152 cm³/mol. The van der Waals surface area contributed by atoms with Gasteiger partial charge in [0.15, 0.2) is 6.61 Å². The number of rotatable bonds is 9. The Kier molecular flexibility index (Phi) is 8.84. The lowest BCUT2D eigenvalue weighted by Crippen LogP contribution is -2.32. The minimum Gasteiger partial charge on any atom is -0.484 e. The van der Waals surface area contributed by atoms with Gasteiger partial charge in [-0.05, 0) is 78.9 Å². The summed E-state index contributed by atoms with van der Waals surface area (Å²) in [5.41, 5.74) is 5.71. The van der Waals surface area contributed by atoms with Crippen LogP contribution in [0.15, 0.2) is 65.1 Å². The number of carbonyl (C=O) groups is 3. The highest BCUT2D eigenvalue weighted by Crippen LogP contribution is 2.28. The van der Waals surface area contributed by atoms with Crippen molar-refractivity contribution < 1.29 is 19.1 Å². The molecule has 38 heavy (non-hydrogen) atoms. The summed E-state index contributed by atoms with van der Waals surface area (Å²) in [5.74, 6) is -0.344. The van der Waals surface area contributed by atoms with Crippen molar-refractivity contribution in [2.24, 2.45) is 5.92 Å². The first kappa shape index (κ1) is 27.4. The van der Waals surface area contributed by atoms with Gasteiger partial charge in [-0.2, -0.15) is 0 Å². The third-order valence-electron chi connectivity index (χ3n) is 6.76. The van der Waals surface area contributed by atoms with Gasteiger partial charge in [-0.25, -0.2) is 0 Å². The van der Waals surface area contributed by atoms with E-state index in [-0.39, 0.29) is 30.7 Å². The first-order valence-electron chi connectivity index (χ1n) is 12.7. The molecule has 0 bridgehead atoms. The number of hydrogen-bond donors (Lipinski definition) is 2. The fraction of sp³-hybridized carbons (Fsp3) is 0.300. The molecule has 3 aromatic rings. The van der Waals surface area contributed by atoms with Crippen LogP contribution in [0.4, 0.5) is 11.4 Å². The maximum absolute atomic E-state index is 12.7. The molecular weight excluding hydrogens is 546 g/mol. The highest BCUT2D eigenvalue weighted by molar-refractivity contribution is 9.10. The lowest BCUT2D eigenvalue weighted by Gasteiger charge is -2.18. The van der Waals surface area contributed by atoms with Gasteiger partial charge in [-0.3, -0.25) is 14.4 Å². The Morgan fingerprint density at radius 1 is 1.03 bits per heavy atom. The van der Waals surface area contributed by atoms with Crippen molar-refractivity contribution in [1.82, 2.24) is 5.32 Å². The van der Waals surface area contributed by atoms with E-state index >= 15 is 0 Å². The van der Waals surface area contributed by atoms with Crippen molar-refractivity contribution >= 4 is 45.0 Å². The topological polar surface area (TPSA) is 87.7 Å². The molecule has 3 amide bonds. The van der Waals surface area contributed by atoms with Crippen molar-refractivity contribution in [3.8, 4) is 5.75 Å². The van der Waals surface area contributed by atoms with Gasteiger partial charge in [0.25, 0.3) is 5.91 Å². The number of ether oxygens (including phenoxy) is 1. The number of carbonyl (C=O) groups excluding carboxylic acids is 3. The van der Waals surface area contributed by atoms with E-state index in [0.717, 1.165) is 38.8 Å². The fourth-order valence-electron chi connectivity index (χ4n) is 4.58. The van der Waals surface area contributed by atoms with Gasteiger partial charge in [0.05, 0.1) is 5.92 Å². The van der Waals surface area contributed by atoms with Crippen LogP contribution in [-0.4, -0.2) is 30.9 Å². The third kappa shape index (κ3) is 6.61. The molecule has 0 saturated carbocycles. The summed E-state index contributed by atoms with van der Waals surface area (Å²) < 4.78 is 6.65. The SMILES string of the molecule is CCc1cc(Br)cc(C)c1NC(=O)COc1ccc(N2C[C@@H](C(=O)NCc3ccccc3C)CC2=O)cc1. The number of nitrogens with zero attached hydrogens (tertiary/aromatic N) is 1. The summed E-state index contributed by atoms with van der Waals surface area (Å²) in [4.78, 5) is 39.5. The highest BCUT2D eigenvalue weighted by Gasteiger charge is 2.35. The number of hydrogen-bond acceptors (Lipinski definition) is 4. The fourth-order valence-corrected chi connectivity index (χ4v) is 5.20. The molecule has 2 N–H and O–H groups in total. The third-order valence-corrected chi connectivity index (χ3v) is 7.21. The maximum atomic E-state index is 12.7. The Bertz CT molecular complexity index is 1340. The van der Waals surface area contributed by atoms with Crippen LogP contribution in [-0.2, 0) is 27.3 Å². The molecule has 0 unspecified atom stereocenters. The average Bonchev–Trinajstić information content (AvgIpc) is 3.30. The van der Waals surface area contributed by atoms with E-state index in [1.165, 1.54) is 0 Å². The summed E-state index contributed by atoms with van der Waals surface area (Å²) >= 11 is 3.50. The standard InChI is InChI=1S/C30H32BrN3O4/c1-4-21-14-24(31)13-20(3)29(21)33-27(35)18-38-26-11-9-25(10-12-26)34-17-23(15-28(34)36)30(37)32-16-22-8-6-5-7-19(22)2/h5-14,23H,4,15-18H2,1-3H3,(H,32,37)(H,33,35)/t23-/m0/s1. The molecular formula is C30H32BrN3O4. The number of benzene rings is 3. The molecule has 1 saturated heterocycles. The van der Waals surface area contributed by atoms with Crippen molar-refractivity contribution in [2.45, 2.75) is 40.2 Å². The van der Waals surface area contributed by atoms with Gasteiger partial charge in [-0.1, -0.05) is 47.1 Å². The Balaban J connectivity index is 1.29. The van der Waals surface area contributed by atoms with E-state index in [2.05, 4.69) is 26.6 Å². The Morgan fingerprint density at radius 3 is 2.47 bits per heavy atom. The minimum atomic E-state index is -0.402. The number of amides is 3. The van der Waals surface area contributed by atoms with Gasteiger partial charge in [0, 0.05) is 35.4 Å². The second-order valence-electron chi connectivity index (χ2n) is 9.49. The van der Waals surface area contributed by atoms with Crippen molar-refractivity contribution in [3.05, 3.63) is 87.4 Å². The van der Waals surface area contributed by atoms with Crippen LogP contribution in [0.2, 0.25) is 0 Å². The summed E-state index contributed by atoms with van der Waals surface area (Å²) in [6, 6.07) is 18.9. The number of nitrogens with one attached hydrogen (secondary N) is 2. The summed E-state index contributed by atoms with van der Waals surface area (Å²) in [7, 11) is 0. The van der Waals surface area contributed by atoms with Gasteiger partial charge in [0.1, 0.15) is 5.75 Å². The van der Waals surface area contributed by atoms with E-state index in [0.29, 0.717) is 24.5 Å². The maximum Gasteiger partial charge on any atom is 0.262 e. The smallest absolute Gasteiger partial charge is 0.262 e. The lowest BCUT2D eigenvalue weighted by molar-refractivity contribution is -0.126. The Hall–Kier alpha value is -3.65. The van der Waals surface area contributed by atoms with E-state index < -0.39 is 5.92 Å². The molecule has 1 aliphatic heterocycles.